The van der Waals surface area contributed by atoms with Crippen LogP contribution < -0.4 is 9.67 Å². The fourth-order valence-corrected chi connectivity index (χ4v) is 5.96. The quantitative estimate of drug-likeness (QED) is 0.251. The van der Waals surface area contributed by atoms with Crippen molar-refractivity contribution >= 4 is 42.1 Å². The van der Waals surface area contributed by atoms with Crippen molar-refractivity contribution in [2.24, 2.45) is 5.41 Å². The van der Waals surface area contributed by atoms with Crippen LogP contribution >= 0.6 is 0 Å². The SMILES string of the molecule is CC(=O)Nc1cc(O)ccc1[As](=O)(O)OC(=O)C(C)(Cc1ccc(-c2ccccc2)cc1)C(=O)O. The van der Waals surface area contributed by atoms with Crippen LogP contribution in [0.15, 0.2) is 72.8 Å². The van der Waals surface area contributed by atoms with E-state index < -0.39 is 41.8 Å². The van der Waals surface area contributed by atoms with Crippen molar-refractivity contribution in [3.8, 4) is 16.9 Å². The third-order valence-corrected chi connectivity index (χ3v) is 8.31. The van der Waals surface area contributed by atoms with Crippen molar-refractivity contribution in [1.82, 2.24) is 0 Å². The van der Waals surface area contributed by atoms with Gasteiger partial charge in [0.05, 0.1) is 0 Å². The van der Waals surface area contributed by atoms with Gasteiger partial charge in [0, 0.05) is 0 Å². The average molecular weight is 541 g/mol. The van der Waals surface area contributed by atoms with Gasteiger partial charge in [0.1, 0.15) is 0 Å². The number of carboxylic acid groups (broad SMARTS) is 1. The second-order valence-electron chi connectivity index (χ2n) is 8.16. The maximum atomic E-state index is 13.0. The first-order valence-electron chi connectivity index (χ1n) is 10.5. The van der Waals surface area contributed by atoms with E-state index in [2.05, 4.69) is 5.32 Å². The van der Waals surface area contributed by atoms with Crippen LogP contribution in [0, 0.1) is 5.41 Å². The van der Waals surface area contributed by atoms with Gasteiger partial charge in [-0.25, -0.2) is 0 Å². The van der Waals surface area contributed by atoms with E-state index in [0.29, 0.717) is 5.56 Å². The molecule has 0 saturated heterocycles. The molecule has 4 N–H and O–H groups in total. The minimum absolute atomic E-state index is 0.219. The topological polar surface area (TPSA) is 150 Å². The molecule has 0 aliphatic rings. The van der Waals surface area contributed by atoms with Crippen molar-refractivity contribution in [3.63, 3.8) is 0 Å². The van der Waals surface area contributed by atoms with Gasteiger partial charge < -0.3 is 0 Å². The number of carbonyl (C=O) groups excluding carboxylic acids is 2. The first kappa shape index (κ1) is 25.8. The molecule has 10 heteroatoms. The van der Waals surface area contributed by atoms with Gasteiger partial charge in [-0.15, -0.1) is 0 Å². The second-order valence-corrected chi connectivity index (χ2v) is 11.7. The Hall–Kier alpha value is -3.81. The summed E-state index contributed by atoms with van der Waals surface area (Å²) in [5.74, 6) is -3.82. The van der Waals surface area contributed by atoms with E-state index in [9.17, 15) is 32.4 Å². The van der Waals surface area contributed by atoms with Gasteiger partial charge in [0.15, 0.2) is 0 Å². The summed E-state index contributed by atoms with van der Waals surface area (Å²) in [5, 5.41) is 21.8. The number of phenols is 1. The number of aliphatic carboxylic acids is 1. The summed E-state index contributed by atoms with van der Waals surface area (Å²) >= 11 is -5.71. The number of carboxylic acids is 1. The van der Waals surface area contributed by atoms with E-state index in [0.717, 1.165) is 43.2 Å². The molecule has 3 rings (SSSR count). The van der Waals surface area contributed by atoms with Crippen LogP contribution in [-0.4, -0.2) is 46.3 Å². The second kappa shape index (κ2) is 10.2. The van der Waals surface area contributed by atoms with Crippen molar-refractivity contribution < 1.29 is 36.2 Å². The predicted octanol–water partition coefficient (Wildman–Crippen LogP) is 2.46. The summed E-state index contributed by atoms with van der Waals surface area (Å²) < 4.78 is 28.1. The van der Waals surface area contributed by atoms with Crippen LogP contribution in [0.1, 0.15) is 19.4 Å². The van der Waals surface area contributed by atoms with Crippen LogP contribution in [-0.2, 0) is 28.3 Å². The van der Waals surface area contributed by atoms with Crippen molar-refractivity contribution in [3.05, 3.63) is 78.4 Å². The molecule has 3 aromatic carbocycles. The van der Waals surface area contributed by atoms with E-state index in [4.69, 9.17) is 3.73 Å². The summed E-state index contributed by atoms with van der Waals surface area (Å²) in [6.45, 7) is 2.27. The first-order chi connectivity index (χ1) is 16.4. The van der Waals surface area contributed by atoms with Gasteiger partial charge in [-0.3, -0.25) is 0 Å². The van der Waals surface area contributed by atoms with Gasteiger partial charge in [0.2, 0.25) is 0 Å². The number of hydrogen-bond acceptors (Lipinski definition) is 6. The molecule has 182 valence electrons. The average Bonchev–Trinajstić information content (AvgIpc) is 2.79. The number of anilines is 1. The van der Waals surface area contributed by atoms with Crippen molar-refractivity contribution in [2.75, 3.05) is 5.32 Å². The fourth-order valence-electron chi connectivity index (χ4n) is 3.41. The summed E-state index contributed by atoms with van der Waals surface area (Å²) in [7, 11) is 0. The molecule has 0 aliphatic carbocycles. The van der Waals surface area contributed by atoms with E-state index in [-0.39, 0.29) is 17.9 Å². The van der Waals surface area contributed by atoms with Gasteiger partial charge in [0.25, 0.3) is 0 Å². The Morgan fingerprint density at radius 1 is 0.971 bits per heavy atom. The number of aromatic hydroxyl groups is 1. The Bertz CT molecular complexity index is 1310. The van der Waals surface area contributed by atoms with Gasteiger partial charge in [-0.1, -0.05) is 0 Å². The van der Waals surface area contributed by atoms with Crippen molar-refractivity contribution in [1.29, 1.82) is 0 Å². The van der Waals surface area contributed by atoms with E-state index in [1.807, 2.05) is 30.3 Å². The number of amides is 1. The molecule has 0 fully saturated rings. The molecule has 0 saturated carbocycles. The van der Waals surface area contributed by atoms with E-state index >= 15 is 0 Å². The summed E-state index contributed by atoms with van der Waals surface area (Å²) in [6, 6.07) is 19.6. The standard InChI is InChI=1S/C25H24AsNO8/c1-16(28)27-22-14-20(29)12-13-21(22)26(33,34)35-24(32)25(2,23(30)31)15-17-8-10-19(11-9-17)18-6-4-3-5-7-18/h3-14,29H,15H2,1-2H3,(H,27,28)(H,30,31)(H,33,34). The normalized spacial score (nSPS) is 14.3. The van der Waals surface area contributed by atoms with Gasteiger partial charge >= 0.3 is 204 Å². The molecule has 0 aliphatic heterocycles. The number of benzene rings is 3. The molecule has 1 amide bonds. The molecule has 35 heavy (non-hydrogen) atoms. The Labute approximate surface area is 204 Å². The van der Waals surface area contributed by atoms with Gasteiger partial charge in [-0.05, 0) is 0 Å². The first-order valence-corrected chi connectivity index (χ1v) is 13.8. The van der Waals surface area contributed by atoms with Gasteiger partial charge in [-0.2, -0.15) is 0 Å². The summed E-state index contributed by atoms with van der Waals surface area (Å²) in [5.41, 5.74) is -0.0139. The monoisotopic (exact) mass is 541 g/mol. The minimum atomic E-state index is -5.71. The van der Waals surface area contributed by atoms with Crippen LogP contribution in [0.5, 0.6) is 5.75 Å². The molecular weight excluding hydrogens is 517 g/mol. The summed E-state index contributed by atoms with van der Waals surface area (Å²) in [6.07, 6.45) is -0.292. The zero-order valence-corrected chi connectivity index (χ0v) is 20.8. The van der Waals surface area contributed by atoms with Crippen molar-refractivity contribution in [2.45, 2.75) is 20.3 Å². The van der Waals surface area contributed by atoms with Crippen LogP contribution in [0.3, 0.4) is 0 Å². The zero-order chi connectivity index (χ0) is 25.8. The fraction of sp³-hybridized carbons (Fsp3) is 0.160. The predicted molar refractivity (Wildman–Crippen MR) is 128 cm³/mol. The molecule has 0 heterocycles. The Balaban J connectivity index is 1.86. The third kappa shape index (κ3) is 6.01. The number of nitrogens with one attached hydrogen (secondary N) is 1. The maximum absolute atomic E-state index is 13.0. The summed E-state index contributed by atoms with van der Waals surface area (Å²) in [4.78, 5) is 36.5. The Morgan fingerprint density at radius 2 is 1.57 bits per heavy atom. The number of hydrogen-bond donors (Lipinski definition) is 4. The molecule has 3 aromatic rings. The van der Waals surface area contributed by atoms with Crippen LogP contribution in [0.4, 0.5) is 5.69 Å². The Morgan fingerprint density at radius 3 is 2.14 bits per heavy atom. The van der Waals surface area contributed by atoms with E-state index in [1.165, 1.54) is 0 Å². The van der Waals surface area contributed by atoms with Crippen LogP contribution in [0.25, 0.3) is 11.1 Å². The Kier molecular flexibility index (Phi) is 7.53. The molecule has 0 radical (unpaired) electrons. The number of phenolic OH excluding ortho intramolecular Hbond substituents is 1. The third-order valence-electron chi connectivity index (χ3n) is 5.34. The molecule has 0 aromatic heterocycles. The molecule has 9 nitrogen and oxygen atoms in total. The zero-order valence-electron chi connectivity index (χ0n) is 19.0. The van der Waals surface area contributed by atoms with E-state index in [1.54, 1.807) is 24.3 Å². The molecule has 2 unspecified atom stereocenters. The van der Waals surface area contributed by atoms with Crippen LogP contribution in [0.2, 0.25) is 0 Å². The number of carbonyl (C=O) groups is 3. The molecule has 0 bridgehead atoms. The molecule has 2 atom stereocenters. The molecular formula is C25H24AsNO8. The number of rotatable bonds is 8. The molecule has 0 spiro atoms.